The summed E-state index contributed by atoms with van der Waals surface area (Å²) < 4.78 is 5.30. The number of ether oxygens (including phenoxy) is 1. The fraction of sp³-hybridized carbons (Fsp3) is 0.500. The summed E-state index contributed by atoms with van der Waals surface area (Å²) in [6, 6.07) is 1.99. The molecule has 0 spiro atoms. The van der Waals surface area contributed by atoms with Crippen LogP contribution in [0, 0.1) is 11.8 Å². The van der Waals surface area contributed by atoms with Crippen LogP contribution in [-0.4, -0.2) is 37.1 Å². The van der Waals surface area contributed by atoms with Crippen LogP contribution in [0.1, 0.15) is 24.3 Å². The monoisotopic (exact) mass is 280 g/mol. The fourth-order valence-corrected chi connectivity index (χ4v) is 2.22. The molecule has 0 aromatic carbocycles. The normalized spacial score (nSPS) is 10.2. The molecule has 4 nitrogen and oxygen atoms in total. The van der Waals surface area contributed by atoms with E-state index in [1.54, 1.807) is 23.3 Å². The smallest absolute Gasteiger partial charge is 0.248 e. The van der Waals surface area contributed by atoms with Crippen molar-refractivity contribution in [1.82, 2.24) is 4.90 Å². The molecular formula is C14H20N2O2S. The summed E-state index contributed by atoms with van der Waals surface area (Å²) in [5, 5.41) is 1.97. The van der Waals surface area contributed by atoms with E-state index in [-0.39, 0.29) is 18.6 Å². The maximum Gasteiger partial charge on any atom is 0.248 e. The Balaban J connectivity index is 2.49. The first kappa shape index (κ1) is 15.7. The van der Waals surface area contributed by atoms with Crippen molar-refractivity contribution in [1.29, 1.82) is 0 Å². The summed E-state index contributed by atoms with van der Waals surface area (Å²) in [5.74, 6) is 5.77. The van der Waals surface area contributed by atoms with E-state index >= 15 is 0 Å². The van der Waals surface area contributed by atoms with Gasteiger partial charge in [0.1, 0.15) is 6.61 Å². The molecule has 0 aliphatic heterocycles. The van der Waals surface area contributed by atoms with Crippen LogP contribution in [-0.2, 0) is 16.1 Å². The highest BCUT2D eigenvalue weighted by molar-refractivity contribution is 7.10. The molecule has 1 heterocycles. The van der Waals surface area contributed by atoms with E-state index < -0.39 is 0 Å². The molecule has 0 atom stereocenters. The Hall–Kier alpha value is -1.35. The molecule has 5 heteroatoms. The number of nitrogens with zero attached hydrogens (tertiary/aromatic N) is 1. The van der Waals surface area contributed by atoms with Gasteiger partial charge in [0, 0.05) is 22.9 Å². The molecule has 104 valence electrons. The minimum absolute atomic E-state index is 0.0170. The van der Waals surface area contributed by atoms with Crippen molar-refractivity contribution in [3.8, 4) is 11.8 Å². The van der Waals surface area contributed by atoms with Crippen molar-refractivity contribution in [2.24, 2.45) is 5.73 Å². The SMILES string of the molecule is CC(C)OCC(=O)N(C)Cc1cc(C#CCN)cs1. The minimum atomic E-state index is -0.0170. The molecule has 1 rings (SSSR count). The van der Waals surface area contributed by atoms with E-state index in [4.69, 9.17) is 10.5 Å². The number of thiophene rings is 1. The van der Waals surface area contributed by atoms with Crippen molar-refractivity contribution < 1.29 is 9.53 Å². The zero-order valence-electron chi connectivity index (χ0n) is 11.6. The molecular weight excluding hydrogens is 260 g/mol. The maximum atomic E-state index is 11.8. The van der Waals surface area contributed by atoms with Gasteiger partial charge in [0.25, 0.3) is 0 Å². The zero-order chi connectivity index (χ0) is 14.3. The first-order valence-corrected chi connectivity index (χ1v) is 7.02. The lowest BCUT2D eigenvalue weighted by molar-refractivity contribution is -0.136. The maximum absolute atomic E-state index is 11.8. The second-order valence-corrected chi connectivity index (χ2v) is 5.41. The molecule has 2 N–H and O–H groups in total. The number of amides is 1. The van der Waals surface area contributed by atoms with Crippen LogP contribution >= 0.6 is 11.3 Å². The third-order valence-electron chi connectivity index (χ3n) is 2.35. The molecule has 0 radical (unpaired) electrons. The van der Waals surface area contributed by atoms with E-state index in [1.165, 1.54) is 0 Å². The van der Waals surface area contributed by atoms with E-state index in [2.05, 4.69) is 11.8 Å². The second-order valence-electron chi connectivity index (χ2n) is 4.42. The predicted molar refractivity (Wildman–Crippen MR) is 77.8 cm³/mol. The Kier molecular flexibility index (Phi) is 6.57. The summed E-state index contributed by atoms with van der Waals surface area (Å²) in [6.45, 7) is 4.88. The molecule has 0 saturated carbocycles. The van der Waals surface area contributed by atoms with Gasteiger partial charge in [0.15, 0.2) is 0 Å². The lowest BCUT2D eigenvalue weighted by atomic mass is 10.3. The summed E-state index contributed by atoms with van der Waals surface area (Å²) in [7, 11) is 1.77. The number of carbonyl (C=O) groups excluding carboxylic acids is 1. The minimum Gasteiger partial charge on any atom is -0.369 e. The number of hydrogen-bond acceptors (Lipinski definition) is 4. The highest BCUT2D eigenvalue weighted by Gasteiger charge is 2.11. The summed E-state index contributed by atoms with van der Waals surface area (Å²) in [4.78, 5) is 14.6. The second kappa shape index (κ2) is 7.95. The Morgan fingerprint density at radius 2 is 2.32 bits per heavy atom. The third kappa shape index (κ3) is 5.88. The average Bonchev–Trinajstić information content (AvgIpc) is 2.80. The zero-order valence-corrected chi connectivity index (χ0v) is 12.4. The van der Waals surface area contributed by atoms with Gasteiger partial charge in [-0.05, 0) is 19.9 Å². The molecule has 0 saturated heterocycles. The first-order valence-electron chi connectivity index (χ1n) is 6.15. The van der Waals surface area contributed by atoms with Gasteiger partial charge in [0.2, 0.25) is 5.91 Å². The van der Waals surface area contributed by atoms with Crippen LogP contribution in [0.25, 0.3) is 0 Å². The lowest BCUT2D eigenvalue weighted by Crippen LogP contribution is -2.30. The summed E-state index contributed by atoms with van der Waals surface area (Å²) >= 11 is 1.59. The van der Waals surface area contributed by atoms with E-state index in [9.17, 15) is 4.79 Å². The van der Waals surface area contributed by atoms with Gasteiger partial charge in [-0.3, -0.25) is 4.79 Å². The number of carbonyl (C=O) groups is 1. The number of likely N-dealkylation sites (N-methyl/N-ethyl adjacent to an activating group) is 1. The summed E-state index contributed by atoms with van der Waals surface area (Å²) in [6.07, 6.45) is 0.0669. The Morgan fingerprint density at radius 1 is 1.58 bits per heavy atom. The lowest BCUT2D eigenvalue weighted by Gasteiger charge is -2.17. The average molecular weight is 280 g/mol. The number of nitrogens with two attached hydrogens (primary N) is 1. The van der Waals surface area contributed by atoms with Gasteiger partial charge in [-0.25, -0.2) is 0 Å². The van der Waals surface area contributed by atoms with Crippen molar-refractivity contribution >= 4 is 17.2 Å². The van der Waals surface area contributed by atoms with Gasteiger partial charge in [0.05, 0.1) is 19.2 Å². The third-order valence-corrected chi connectivity index (χ3v) is 3.27. The molecule has 0 fully saturated rings. The van der Waals surface area contributed by atoms with Crippen LogP contribution in [0.4, 0.5) is 0 Å². The standard InChI is InChI=1S/C14H20N2O2S/c1-11(2)18-9-14(17)16(3)8-13-7-12(10-19-13)5-4-6-15/h7,10-11H,6,8-9,15H2,1-3H3. The van der Waals surface area contributed by atoms with E-state index in [1.807, 2.05) is 25.3 Å². The van der Waals surface area contributed by atoms with Crippen molar-refractivity contribution in [2.75, 3.05) is 20.2 Å². The van der Waals surface area contributed by atoms with Crippen LogP contribution in [0.3, 0.4) is 0 Å². The Labute approximate surface area is 118 Å². The van der Waals surface area contributed by atoms with E-state index in [0.717, 1.165) is 10.4 Å². The number of hydrogen-bond donors (Lipinski definition) is 1. The van der Waals surface area contributed by atoms with Gasteiger partial charge in [-0.1, -0.05) is 11.8 Å². The van der Waals surface area contributed by atoms with E-state index in [0.29, 0.717) is 13.1 Å². The van der Waals surface area contributed by atoms with Gasteiger partial charge < -0.3 is 15.4 Å². The molecule has 1 aromatic heterocycles. The largest absolute Gasteiger partial charge is 0.369 e. The topological polar surface area (TPSA) is 55.6 Å². The van der Waals surface area contributed by atoms with Crippen LogP contribution in [0.5, 0.6) is 0 Å². The molecule has 0 unspecified atom stereocenters. The number of rotatable bonds is 5. The highest BCUT2D eigenvalue weighted by Crippen LogP contribution is 2.15. The van der Waals surface area contributed by atoms with Crippen molar-refractivity contribution in [3.05, 3.63) is 21.9 Å². The first-order chi connectivity index (χ1) is 9.02. The Bertz CT molecular complexity index is 471. The van der Waals surface area contributed by atoms with Crippen LogP contribution < -0.4 is 5.73 Å². The molecule has 0 aliphatic rings. The van der Waals surface area contributed by atoms with Gasteiger partial charge in [-0.15, -0.1) is 11.3 Å². The van der Waals surface area contributed by atoms with Crippen molar-refractivity contribution in [2.45, 2.75) is 26.5 Å². The molecule has 1 amide bonds. The molecule has 1 aromatic rings. The molecule has 19 heavy (non-hydrogen) atoms. The summed E-state index contributed by atoms with van der Waals surface area (Å²) in [5.41, 5.74) is 6.27. The quantitative estimate of drug-likeness (QED) is 0.830. The fourth-order valence-electron chi connectivity index (χ4n) is 1.35. The molecule has 0 bridgehead atoms. The predicted octanol–water partition coefficient (Wildman–Crippen LogP) is 1.44. The van der Waals surface area contributed by atoms with Crippen LogP contribution in [0.15, 0.2) is 11.4 Å². The Morgan fingerprint density at radius 3 is 2.95 bits per heavy atom. The van der Waals surface area contributed by atoms with Gasteiger partial charge >= 0.3 is 0 Å². The highest BCUT2D eigenvalue weighted by atomic mass is 32.1. The van der Waals surface area contributed by atoms with Crippen LogP contribution in [0.2, 0.25) is 0 Å². The van der Waals surface area contributed by atoms with Crippen molar-refractivity contribution in [3.63, 3.8) is 0 Å². The van der Waals surface area contributed by atoms with Gasteiger partial charge in [-0.2, -0.15) is 0 Å². The molecule has 0 aliphatic carbocycles.